The minimum atomic E-state index is 0.0366. The highest BCUT2D eigenvalue weighted by Crippen LogP contribution is 2.30. The first kappa shape index (κ1) is 24.8. The van der Waals surface area contributed by atoms with E-state index in [0.717, 1.165) is 46.8 Å². The van der Waals surface area contributed by atoms with Crippen molar-refractivity contribution in [1.82, 2.24) is 24.2 Å². The van der Waals surface area contributed by atoms with Crippen LogP contribution in [-0.4, -0.2) is 56.3 Å². The normalized spacial score (nSPS) is 13.9. The molecule has 6 rings (SSSR count). The van der Waals surface area contributed by atoms with Crippen LogP contribution >= 0.6 is 11.6 Å². The molecule has 1 aliphatic heterocycles. The SMILES string of the molecule is N#Cc1ccccc1-c1ccc2nc(-c3ccc(Cl)cc3)c(CN3CCN(C(=O)c4ccncc4)CC3)n2c1. The summed E-state index contributed by atoms with van der Waals surface area (Å²) in [6, 6.07) is 25.2. The van der Waals surface area contributed by atoms with Crippen molar-refractivity contribution in [2.24, 2.45) is 0 Å². The second-order valence-corrected chi connectivity index (χ2v) is 9.96. The Labute approximate surface area is 231 Å². The van der Waals surface area contributed by atoms with Crippen LogP contribution in [0.25, 0.3) is 28.0 Å². The van der Waals surface area contributed by atoms with Crippen LogP contribution in [0.15, 0.2) is 91.4 Å². The summed E-state index contributed by atoms with van der Waals surface area (Å²) in [5.74, 6) is 0.0366. The Morgan fingerprint density at radius 2 is 1.62 bits per heavy atom. The summed E-state index contributed by atoms with van der Waals surface area (Å²) in [5, 5.41) is 10.3. The van der Waals surface area contributed by atoms with E-state index >= 15 is 0 Å². The number of halogens is 1. The Morgan fingerprint density at radius 1 is 0.897 bits per heavy atom. The van der Waals surface area contributed by atoms with E-state index in [9.17, 15) is 10.1 Å². The first-order chi connectivity index (χ1) is 19.1. The van der Waals surface area contributed by atoms with E-state index in [1.807, 2.05) is 65.6 Å². The van der Waals surface area contributed by atoms with Gasteiger partial charge in [-0.3, -0.25) is 14.7 Å². The van der Waals surface area contributed by atoms with E-state index in [0.29, 0.717) is 35.8 Å². The monoisotopic (exact) mass is 532 g/mol. The summed E-state index contributed by atoms with van der Waals surface area (Å²) in [6.07, 6.45) is 5.36. The molecule has 4 heterocycles. The topological polar surface area (TPSA) is 77.5 Å². The summed E-state index contributed by atoms with van der Waals surface area (Å²) in [4.78, 5) is 26.2. The number of carbonyl (C=O) groups is 1. The third-order valence-corrected chi connectivity index (χ3v) is 7.41. The van der Waals surface area contributed by atoms with Crippen LogP contribution < -0.4 is 0 Å². The van der Waals surface area contributed by atoms with Crippen molar-refractivity contribution in [3.05, 3.63) is 113 Å². The van der Waals surface area contributed by atoms with Crippen molar-refractivity contribution in [1.29, 1.82) is 5.26 Å². The molecule has 2 aromatic carbocycles. The van der Waals surface area contributed by atoms with Gasteiger partial charge < -0.3 is 9.30 Å². The van der Waals surface area contributed by atoms with Gasteiger partial charge in [0.2, 0.25) is 0 Å². The Balaban J connectivity index is 1.33. The van der Waals surface area contributed by atoms with E-state index in [-0.39, 0.29) is 5.91 Å². The number of benzene rings is 2. The fourth-order valence-corrected chi connectivity index (χ4v) is 5.20. The number of aromatic nitrogens is 3. The Morgan fingerprint density at radius 3 is 2.36 bits per heavy atom. The molecule has 3 aromatic heterocycles. The highest BCUT2D eigenvalue weighted by molar-refractivity contribution is 6.30. The molecule has 192 valence electrons. The van der Waals surface area contributed by atoms with Crippen LogP contribution in [0, 0.1) is 11.3 Å². The smallest absolute Gasteiger partial charge is 0.254 e. The van der Waals surface area contributed by atoms with Crippen LogP contribution in [0.4, 0.5) is 0 Å². The second-order valence-electron chi connectivity index (χ2n) is 9.52. The maximum Gasteiger partial charge on any atom is 0.254 e. The first-order valence-corrected chi connectivity index (χ1v) is 13.2. The van der Waals surface area contributed by atoms with E-state index in [2.05, 4.69) is 26.6 Å². The van der Waals surface area contributed by atoms with Gasteiger partial charge in [0.15, 0.2) is 0 Å². The lowest BCUT2D eigenvalue weighted by molar-refractivity contribution is 0.0627. The molecule has 0 atom stereocenters. The molecule has 0 aliphatic carbocycles. The molecule has 0 N–H and O–H groups in total. The third kappa shape index (κ3) is 5.00. The molecule has 0 bridgehead atoms. The minimum absolute atomic E-state index is 0.0366. The third-order valence-electron chi connectivity index (χ3n) is 7.15. The van der Waals surface area contributed by atoms with Crippen LogP contribution in [0.3, 0.4) is 0 Å². The maximum absolute atomic E-state index is 12.9. The van der Waals surface area contributed by atoms with Crippen LogP contribution in [-0.2, 0) is 6.54 Å². The van der Waals surface area contributed by atoms with Crippen molar-refractivity contribution in [2.45, 2.75) is 6.54 Å². The maximum atomic E-state index is 12.9. The van der Waals surface area contributed by atoms with E-state index < -0.39 is 0 Å². The standard InChI is InChI=1S/C31H25ClN6O/c32-26-8-5-22(6-9-26)30-28(21-36-15-17-37(18-16-36)31(39)23-11-13-34-14-12-23)38-20-25(7-10-29(38)35-30)27-4-2-1-3-24(27)19-33/h1-14,20H,15-18,21H2. The van der Waals surface area contributed by atoms with E-state index in [4.69, 9.17) is 16.6 Å². The van der Waals surface area contributed by atoms with Crippen LogP contribution in [0.2, 0.25) is 5.02 Å². The Hall–Kier alpha value is -4.51. The van der Waals surface area contributed by atoms with Crippen molar-refractivity contribution in [2.75, 3.05) is 26.2 Å². The number of amides is 1. The lowest BCUT2D eigenvalue weighted by Gasteiger charge is -2.34. The van der Waals surface area contributed by atoms with Gasteiger partial charge in [0.25, 0.3) is 5.91 Å². The summed E-state index contributed by atoms with van der Waals surface area (Å²) >= 11 is 6.18. The van der Waals surface area contributed by atoms with Crippen LogP contribution in [0.5, 0.6) is 0 Å². The quantitative estimate of drug-likeness (QED) is 0.297. The van der Waals surface area contributed by atoms with E-state index in [1.54, 1.807) is 24.5 Å². The molecular weight excluding hydrogens is 508 g/mol. The minimum Gasteiger partial charge on any atom is -0.336 e. The number of rotatable bonds is 5. The fraction of sp³-hybridized carbons (Fsp3) is 0.161. The van der Waals surface area contributed by atoms with Gasteiger partial charge in [-0.2, -0.15) is 5.26 Å². The van der Waals surface area contributed by atoms with Gasteiger partial charge >= 0.3 is 0 Å². The molecule has 5 aromatic rings. The molecule has 1 fully saturated rings. The average Bonchev–Trinajstić information content (AvgIpc) is 3.35. The molecule has 1 aliphatic rings. The van der Waals surface area contributed by atoms with Gasteiger partial charge in [0.1, 0.15) is 5.65 Å². The molecule has 39 heavy (non-hydrogen) atoms. The number of nitriles is 1. The predicted octanol–water partition coefficient (Wildman–Crippen LogP) is 5.55. The van der Waals surface area contributed by atoms with Crippen LogP contribution in [0.1, 0.15) is 21.6 Å². The van der Waals surface area contributed by atoms with Crippen molar-refractivity contribution >= 4 is 23.2 Å². The zero-order chi connectivity index (χ0) is 26.8. The molecule has 7 nitrogen and oxygen atoms in total. The molecule has 0 radical (unpaired) electrons. The number of fused-ring (bicyclic) bond motifs is 1. The second kappa shape index (κ2) is 10.7. The zero-order valence-corrected chi connectivity index (χ0v) is 21.9. The van der Waals surface area contributed by atoms with Gasteiger partial charge in [-0.15, -0.1) is 0 Å². The van der Waals surface area contributed by atoms with Gasteiger partial charge in [0.05, 0.1) is 23.0 Å². The molecule has 1 saturated heterocycles. The molecular formula is C31H25ClN6O. The van der Waals surface area contributed by atoms with E-state index in [1.165, 1.54) is 0 Å². The zero-order valence-electron chi connectivity index (χ0n) is 21.2. The van der Waals surface area contributed by atoms with Gasteiger partial charge in [0, 0.05) is 73.0 Å². The van der Waals surface area contributed by atoms with Gasteiger partial charge in [-0.05, 0) is 48.0 Å². The van der Waals surface area contributed by atoms with Gasteiger partial charge in [-0.25, -0.2) is 4.98 Å². The number of carbonyl (C=O) groups excluding carboxylic acids is 1. The lowest BCUT2D eigenvalue weighted by atomic mass is 10.0. The number of nitrogens with zero attached hydrogens (tertiary/aromatic N) is 6. The average molecular weight is 533 g/mol. The van der Waals surface area contributed by atoms with Gasteiger partial charge in [-0.1, -0.05) is 41.9 Å². The number of hydrogen-bond acceptors (Lipinski definition) is 5. The molecule has 0 unspecified atom stereocenters. The Bertz CT molecular complexity index is 1680. The van der Waals surface area contributed by atoms with Crippen molar-refractivity contribution in [3.8, 4) is 28.5 Å². The summed E-state index contributed by atoms with van der Waals surface area (Å²) < 4.78 is 2.13. The number of piperazine rings is 1. The molecule has 0 saturated carbocycles. The number of pyridine rings is 2. The molecule has 1 amide bonds. The first-order valence-electron chi connectivity index (χ1n) is 12.8. The van der Waals surface area contributed by atoms with Crippen molar-refractivity contribution in [3.63, 3.8) is 0 Å². The summed E-state index contributed by atoms with van der Waals surface area (Å²) in [6.45, 7) is 3.46. The Kier molecular flexibility index (Phi) is 6.80. The fourth-order valence-electron chi connectivity index (χ4n) is 5.07. The van der Waals surface area contributed by atoms with Crippen molar-refractivity contribution < 1.29 is 4.79 Å². The number of hydrogen-bond donors (Lipinski definition) is 0. The predicted molar refractivity (Wildman–Crippen MR) is 151 cm³/mol. The largest absolute Gasteiger partial charge is 0.336 e. The summed E-state index contributed by atoms with van der Waals surface area (Å²) in [7, 11) is 0. The molecule has 8 heteroatoms. The molecule has 0 spiro atoms. The highest BCUT2D eigenvalue weighted by Gasteiger charge is 2.24. The lowest BCUT2D eigenvalue weighted by Crippen LogP contribution is -2.48. The summed E-state index contributed by atoms with van der Waals surface area (Å²) in [5.41, 5.74) is 6.90. The highest BCUT2D eigenvalue weighted by atomic mass is 35.5. The number of imidazole rings is 1.